The summed E-state index contributed by atoms with van der Waals surface area (Å²) in [5.41, 5.74) is 0. The van der Waals surface area contributed by atoms with Crippen LogP contribution in [0.5, 0.6) is 0 Å². The minimum atomic E-state index is -0.252. The van der Waals surface area contributed by atoms with Gasteiger partial charge >= 0.3 is 0 Å². The second kappa shape index (κ2) is 13.6. The largest absolute Gasteiger partial charge is 0.255 e. The maximum absolute atomic E-state index is 2.47. The van der Waals surface area contributed by atoms with Crippen LogP contribution in [-0.4, -0.2) is 14.1 Å². The zero-order valence-corrected chi connectivity index (χ0v) is 13.2. The molecule has 0 saturated heterocycles. The van der Waals surface area contributed by atoms with Crippen LogP contribution in [0.1, 0.15) is 77.6 Å². The Kier molecular flexibility index (Phi) is 14.0. The molecular weight excluding hydrogens is 207 g/mol. The van der Waals surface area contributed by atoms with Gasteiger partial charge in [-0.2, -0.15) is 0 Å². The molecule has 0 aliphatic carbocycles. The topological polar surface area (TPSA) is 0 Å². The summed E-state index contributed by atoms with van der Waals surface area (Å²) in [6, 6.07) is 0. The maximum atomic E-state index is 2.47. The number of unbranched alkanes of at least 4 members (excludes halogenated alkanes) is 10. The molecule has 1 heteroatoms. The van der Waals surface area contributed by atoms with Crippen LogP contribution >= 0.6 is 0 Å². The molecule has 96 valence electrons. The maximum Gasteiger partial charge on any atom is 0.255 e. The quantitative estimate of drug-likeness (QED) is 0.287. The summed E-state index contributed by atoms with van der Waals surface area (Å²) in [6.45, 7) is 2.29. The van der Waals surface area contributed by atoms with Crippen LogP contribution in [-0.2, 0) is 0 Å². The summed E-state index contributed by atoms with van der Waals surface area (Å²) < 4.78 is 0. The normalized spacial score (nSPS) is 10.7. The molecule has 0 radical (unpaired) electrons. The molecule has 0 aromatic heterocycles. The van der Waals surface area contributed by atoms with Crippen LogP contribution < -0.4 is 0 Å². The van der Waals surface area contributed by atoms with E-state index in [4.69, 9.17) is 0 Å². The second-order valence-electron chi connectivity index (χ2n) is 5.72. The van der Waals surface area contributed by atoms with Gasteiger partial charge in [-0.05, 0) is 0 Å². The van der Waals surface area contributed by atoms with Crippen LogP contribution in [0.3, 0.4) is 0 Å². The first-order chi connectivity index (χ1) is 7.77. The summed E-state index contributed by atoms with van der Waals surface area (Å²) in [7, 11) is 0. The van der Waals surface area contributed by atoms with E-state index in [1.807, 2.05) is 0 Å². The summed E-state index contributed by atoms with van der Waals surface area (Å²) in [6.07, 6.45) is 16.2. The van der Waals surface area contributed by atoms with E-state index in [0.29, 0.717) is 0 Å². The molecule has 0 aromatic rings. The first kappa shape index (κ1) is 16.5. The molecule has 0 atom stereocenters. The molecule has 0 aliphatic rings. The van der Waals surface area contributed by atoms with Crippen molar-refractivity contribution in [3.8, 4) is 0 Å². The average molecular weight is 240 g/mol. The second-order valence-corrected chi connectivity index (χ2v) is 9.08. The molecule has 0 heterocycles. The van der Waals surface area contributed by atoms with Crippen LogP contribution in [0.4, 0.5) is 0 Å². The highest BCUT2D eigenvalue weighted by Gasteiger charge is 2.00. The van der Waals surface area contributed by atoms with Crippen molar-refractivity contribution in [2.24, 2.45) is 0 Å². The lowest BCUT2D eigenvalue weighted by molar-refractivity contribution is 0.554. The van der Waals surface area contributed by atoms with Gasteiger partial charge in [0.15, 0.2) is 0 Å². The summed E-state index contributed by atoms with van der Waals surface area (Å²) in [5, 5.41) is 1.57. The van der Waals surface area contributed by atoms with Crippen LogP contribution in [0.2, 0.25) is 16.9 Å². The Morgan fingerprint density at radius 2 is 0.938 bits per heavy atom. The van der Waals surface area contributed by atoms with Crippen molar-refractivity contribution >= 4 is 14.1 Å². The minimum absolute atomic E-state index is 0.252. The first-order valence-corrected chi connectivity index (χ1v) is 10.9. The molecule has 0 N–H and O–H groups in total. The van der Waals surface area contributed by atoms with Gasteiger partial charge in [-0.15, -0.1) is 11.6 Å². The van der Waals surface area contributed by atoms with Gasteiger partial charge in [-0.3, -0.25) is 0 Å². The Morgan fingerprint density at radius 1 is 0.562 bits per heavy atom. The van der Waals surface area contributed by atoms with E-state index in [1.165, 1.54) is 70.6 Å². The Morgan fingerprint density at radius 3 is 1.31 bits per heavy atom. The SMILES string of the molecule is CCCCCCCCCCCC[CH2][Al]([CH3])[CH3]. The summed E-state index contributed by atoms with van der Waals surface area (Å²) in [5.74, 6) is 4.94. The van der Waals surface area contributed by atoms with Gasteiger partial charge in [0.2, 0.25) is 0 Å². The highest BCUT2D eigenvalue weighted by molar-refractivity contribution is 6.55. The lowest BCUT2D eigenvalue weighted by Crippen LogP contribution is -1.97. The number of hydrogen-bond donors (Lipinski definition) is 0. The van der Waals surface area contributed by atoms with E-state index in [9.17, 15) is 0 Å². The fourth-order valence-corrected chi connectivity index (χ4v) is 3.32. The fourth-order valence-electron chi connectivity index (χ4n) is 2.22. The fraction of sp³-hybridized carbons (Fsp3) is 1.00. The Balaban J connectivity index is 2.88. The van der Waals surface area contributed by atoms with Crippen LogP contribution in [0.25, 0.3) is 0 Å². The summed E-state index contributed by atoms with van der Waals surface area (Å²) >= 11 is -0.252. The molecule has 0 bridgehead atoms. The van der Waals surface area contributed by atoms with Crippen molar-refractivity contribution in [2.75, 3.05) is 0 Å². The Labute approximate surface area is 109 Å². The zero-order valence-electron chi connectivity index (χ0n) is 12.1. The molecule has 0 aliphatic heterocycles. The van der Waals surface area contributed by atoms with E-state index in [0.717, 1.165) is 0 Å². The molecule has 0 saturated carbocycles. The lowest BCUT2D eigenvalue weighted by atomic mass is 10.1. The molecule has 0 nitrogen and oxygen atoms in total. The molecule has 0 amide bonds. The molecule has 16 heavy (non-hydrogen) atoms. The van der Waals surface area contributed by atoms with Gasteiger partial charge < -0.3 is 0 Å². The predicted molar refractivity (Wildman–Crippen MR) is 78.8 cm³/mol. The van der Waals surface area contributed by atoms with Crippen LogP contribution in [0.15, 0.2) is 0 Å². The van der Waals surface area contributed by atoms with Crippen molar-refractivity contribution < 1.29 is 0 Å². The van der Waals surface area contributed by atoms with Crippen molar-refractivity contribution in [1.82, 2.24) is 0 Å². The van der Waals surface area contributed by atoms with E-state index >= 15 is 0 Å². The zero-order chi connectivity index (χ0) is 12.1. The van der Waals surface area contributed by atoms with Gasteiger partial charge in [0.25, 0.3) is 14.1 Å². The van der Waals surface area contributed by atoms with E-state index < -0.39 is 0 Å². The van der Waals surface area contributed by atoms with Gasteiger partial charge in [0, 0.05) is 0 Å². The van der Waals surface area contributed by atoms with Crippen molar-refractivity contribution in [2.45, 2.75) is 94.4 Å². The predicted octanol–water partition coefficient (Wildman–Crippen LogP) is 6.05. The van der Waals surface area contributed by atoms with Gasteiger partial charge in [0.05, 0.1) is 0 Å². The van der Waals surface area contributed by atoms with Crippen molar-refractivity contribution in [3.05, 3.63) is 0 Å². The molecule has 0 rings (SSSR count). The van der Waals surface area contributed by atoms with Gasteiger partial charge in [-0.1, -0.05) is 82.8 Å². The molecule has 0 aromatic carbocycles. The molecule has 0 unspecified atom stereocenters. The minimum Gasteiger partial charge on any atom is -0.106 e. The van der Waals surface area contributed by atoms with Gasteiger partial charge in [0.1, 0.15) is 0 Å². The highest BCUT2D eigenvalue weighted by Crippen LogP contribution is 2.12. The van der Waals surface area contributed by atoms with E-state index in [2.05, 4.69) is 18.5 Å². The first-order valence-electron chi connectivity index (χ1n) is 7.77. The summed E-state index contributed by atoms with van der Waals surface area (Å²) in [4.78, 5) is 0. The lowest BCUT2D eigenvalue weighted by Gasteiger charge is -2.02. The van der Waals surface area contributed by atoms with E-state index in [-0.39, 0.29) is 14.1 Å². The third-order valence-electron chi connectivity index (χ3n) is 3.39. The average Bonchev–Trinajstić information content (AvgIpc) is 2.25. The van der Waals surface area contributed by atoms with E-state index in [1.54, 1.807) is 5.28 Å². The molecule has 0 spiro atoms. The molecular formula is C15H33Al. The van der Waals surface area contributed by atoms with Gasteiger partial charge in [-0.25, -0.2) is 0 Å². The third kappa shape index (κ3) is 14.5. The smallest absolute Gasteiger partial charge is 0.106 e. The standard InChI is InChI=1S/C13H27.2CH3.Al/c1-3-5-7-9-11-13-12-10-8-6-4-2;;;/h1,3-13H2,2H3;2*1H3;. The Bertz CT molecular complexity index is 121. The van der Waals surface area contributed by atoms with Crippen molar-refractivity contribution in [1.29, 1.82) is 0 Å². The Hall–Kier alpha value is 0.532. The molecule has 0 fully saturated rings. The van der Waals surface area contributed by atoms with Crippen LogP contribution in [0, 0.1) is 0 Å². The van der Waals surface area contributed by atoms with Crippen molar-refractivity contribution in [3.63, 3.8) is 0 Å². The highest BCUT2D eigenvalue weighted by atomic mass is 27.2. The number of hydrogen-bond acceptors (Lipinski definition) is 0. The number of rotatable bonds is 12. The monoisotopic (exact) mass is 240 g/mol. The third-order valence-corrected chi connectivity index (χ3v) is 4.95.